The summed E-state index contributed by atoms with van der Waals surface area (Å²) in [5.41, 5.74) is -0.479. The number of nitrogens with zero attached hydrogens (tertiary/aromatic N) is 2. The molecule has 1 aromatic heterocycles. The number of amidine groups is 1. The van der Waals surface area contributed by atoms with Crippen LogP contribution in [0.2, 0.25) is 0 Å². The van der Waals surface area contributed by atoms with E-state index in [4.69, 9.17) is 10.1 Å². The average molecular weight is 477 g/mol. The van der Waals surface area contributed by atoms with E-state index in [-0.39, 0.29) is 28.1 Å². The minimum Gasteiger partial charge on any atom is -0.378 e. The van der Waals surface area contributed by atoms with Crippen LogP contribution in [0.3, 0.4) is 0 Å². The van der Waals surface area contributed by atoms with Crippen LogP contribution in [0.25, 0.3) is 0 Å². The number of ether oxygens (including phenoxy) is 1. The molecule has 0 saturated carbocycles. The minimum atomic E-state index is -4.56. The van der Waals surface area contributed by atoms with E-state index in [0.717, 1.165) is 23.2 Å². The molecule has 2 N–H and O–H groups in total. The molecule has 4 rings (SSSR count). The van der Waals surface area contributed by atoms with Gasteiger partial charge in [0.25, 0.3) is 5.56 Å². The third kappa shape index (κ3) is 4.81. The average Bonchev–Trinajstić information content (AvgIpc) is 3.14. The number of hydrogen-bond donors (Lipinski definition) is 2. The summed E-state index contributed by atoms with van der Waals surface area (Å²) >= 11 is 1.02. The summed E-state index contributed by atoms with van der Waals surface area (Å²) in [5.74, 6) is -0.0226. The van der Waals surface area contributed by atoms with E-state index < -0.39 is 17.3 Å². The SMILES string of the molecule is C[C@@H](c1ccccc1)n1sc(Nc2ccccc2C(F)(F)F)c(C(=N)N2CCOCC2)c1=O. The Morgan fingerprint density at radius 3 is 2.39 bits per heavy atom. The molecule has 3 aromatic rings. The van der Waals surface area contributed by atoms with Crippen LogP contribution in [0.15, 0.2) is 59.4 Å². The largest absolute Gasteiger partial charge is 0.418 e. The number of alkyl halides is 3. The van der Waals surface area contributed by atoms with Crippen molar-refractivity contribution in [3.8, 4) is 0 Å². The Labute approximate surface area is 192 Å². The Bertz CT molecular complexity index is 1180. The highest BCUT2D eigenvalue weighted by molar-refractivity contribution is 7.11. The number of benzene rings is 2. The molecule has 0 bridgehead atoms. The zero-order chi connectivity index (χ0) is 23.6. The monoisotopic (exact) mass is 476 g/mol. The van der Waals surface area contributed by atoms with Crippen LogP contribution < -0.4 is 10.9 Å². The van der Waals surface area contributed by atoms with Gasteiger partial charge in [-0.1, -0.05) is 42.5 Å². The number of morpholine rings is 1. The summed E-state index contributed by atoms with van der Waals surface area (Å²) in [6.45, 7) is 3.55. The van der Waals surface area contributed by atoms with Crippen LogP contribution in [-0.4, -0.2) is 41.0 Å². The van der Waals surface area contributed by atoms with Crippen LogP contribution in [-0.2, 0) is 10.9 Å². The van der Waals surface area contributed by atoms with Crippen molar-refractivity contribution in [3.05, 3.63) is 81.6 Å². The molecule has 2 heterocycles. The lowest BCUT2D eigenvalue weighted by molar-refractivity contribution is -0.136. The van der Waals surface area contributed by atoms with Gasteiger partial charge in [0, 0.05) is 13.1 Å². The molecule has 0 aliphatic carbocycles. The molecular weight excluding hydrogens is 453 g/mol. The van der Waals surface area contributed by atoms with Crippen molar-refractivity contribution < 1.29 is 17.9 Å². The predicted molar refractivity (Wildman–Crippen MR) is 123 cm³/mol. The molecule has 174 valence electrons. The molecule has 1 aliphatic rings. The Morgan fingerprint density at radius 1 is 1.09 bits per heavy atom. The Hall–Kier alpha value is -3.11. The second kappa shape index (κ2) is 9.40. The van der Waals surface area contributed by atoms with E-state index in [1.54, 1.807) is 4.90 Å². The standard InChI is InChI=1S/C23H23F3N4O2S/c1-15(16-7-3-2-4-8-16)30-22(31)19(20(27)29-11-13-32-14-12-29)21(33-30)28-18-10-6-5-9-17(18)23(24,25)26/h2-10,15,27-28H,11-14H2,1H3/t15-/m0/s1. The van der Waals surface area contributed by atoms with E-state index in [9.17, 15) is 18.0 Å². The summed E-state index contributed by atoms with van der Waals surface area (Å²) in [4.78, 5) is 15.2. The fraction of sp³-hybridized carbons (Fsp3) is 0.304. The number of para-hydroxylation sites is 1. The van der Waals surface area contributed by atoms with E-state index in [0.29, 0.717) is 26.3 Å². The Morgan fingerprint density at radius 2 is 1.73 bits per heavy atom. The molecule has 1 saturated heterocycles. The van der Waals surface area contributed by atoms with Gasteiger partial charge in [0.15, 0.2) is 0 Å². The molecule has 0 radical (unpaired) electrons. The molecule has 1 fully saturated rings. The maximum Gasteiger partial charge on any atom is 0.418 e. The maximum absolute atomic E-state index is 13.6. The summed E-state index contributed by atoms with van der Waals surface area (Å²) in [5, 5.41) is 11.7. The van der Waals surface area contributed by atoms with Gasteiger partial charge >= 0.3 is 6.18 Å². The van der Waals surface area contributed by atoms with Crippen LogP contribution >= 0.6 is 11.5 Å². The van der Waals surface area contributed by atoms with Gasteiger partial charge in [-0.25, -0.2) is 0 Å². The maximum atomic E-state index is 13.6. The lowest BCUT2D eigenvalue weighted by Crippen LogP contribution is -2.42. The van der Waals surface area contributed by atoms with E-state index in [2.05, 4.69) is 5.32 Å². The van der Waals surface area contributed by atoms with Crippen molar-refractivity contribution in [2.75, 3.05) is 31.6 Å². The molecule has 10 heteroatoms. The smallest absolute Gasteiger partial charge is 0.378 e. The molecule has 2 aromatic carbocycles. The number of rotatable bonds is 5. The van der Waals surface area contributed by atoms with E-state index in [1.807, 2.05) is 37.3 Å². The van der Waals surface area contributed by atoms with Gasteiger partial charge < -0.3 is 15.0 Å². The first kappa shape index (κ1) is 23.1. The molecule has 1 atom stereocenters. The molecular formula is C23H23F3N4O2S. The van der Waals surface area contributed by atoms with E-state index >= 15 is 0 Å². The number of hydrogen-bond acceptors (Lipinski definition) is 5. The summed E-state index contributed by atoms with van der Waals surface area (Å²) in [7, 11) is 0. The van der Waals surface area contributed by atoms with Crippen LogP contribution in [0.5, 0.6) is 0 Å². The van der Waals surface area contributed by atoms with Crippen molar-refractivity contribution in [1.29, 1.82) is 5.41 Å². The van der Waals surface area contributed by atoms with Crippen molar-refractivity contribution in [3.63, 3.8) is 0 Å². The first-order chi connectivity index (χ1) is 15.8. The topological polar surface area (TPSA) is 70.3 Å². The second-order valence-electron chi connectivity index (χ2n) is 7.63. The molecule has 0 amide bonds. The fourth-order valence-electron chi connectivity index (χ4n) is 3.72. The van der Waals surface area contributed by atoms with Gasteiger partial charge in [0.1, 0.15) is 16.4 Å². The number of halogens is 3. The Balaban J connectivity index is 1.80. The van der Waals surface area contributed by atoms with Crippen LogP contribution in [0.4, 0.5) is 23.9 Å². The lowest BCUT2D eigenvalue weighted by Gasteiger charge is -2.28. The molecule has 1 aliphatic heterocycles. The predicted octanol–water partition coefficient (Wildman–Crippen LogP) is 4.94. The number of aromatic nitrogens is 1. The minimum absolute atomic E-state index is 0.0226. The fourth-order valence-corrected chi connectivity index (χ4v) is 4.80. The summed E-state index contributed by atoms with van der Waals surface area (Å²) in [6.07, 6.45) is -4.56. The lowest BCUT2D eigenvalue weighted by atomic mass is 10.1. The van der Waals surface area contributed by atoms with Crippen molar-refractivity contribution >= 4 is 28.1 Å². The molecule has 33 heavy (non-hydrogen) atoms. The van der Waals surface area contributed by atoms with Crippen molar-refractivity contribution in [2.24, 2.45) is 0 Å². The molecule has 6 nitrogen and oxygen atoms in total. The normalized spacial score (nSPS) is 15.3. The van der Waals surface area contributed by atoms with Crippen molar-refractivity contribution in [2.45, 2.75) is 19.1 Å². The first-order valence-electron chi connectivity index (χ1n) is 10.4. The molecule has 0 spiro atoms. The molecule has 0 unspecified atom stereocenters. The first-order valence-corrected chi connectivity index (χ1v) is 11.2. The van der Waals surface area contributed by atoms with Crippen molar-refractivity contribution in [1.82, 2.24) is 8.86 Å². The zero-order valence-electron chi connectivity index (χ0n) is 17.9. The van der Waals surface area contributed by atoms with Crippen LogP contribution in [0, 0.1) is 5.41 Å². The summed E-state index contributed by atoms with van der Waals surface area (Å²) in [6, 6.07) is 14.1. The third-order valence-corrected chi connectivity index (χ3v) is 6.68. The van der Waals surface area contributed by atoms with Gasteiger partial charge in [0.05, 0.1) is 30.5 Å². The number of anilines is 2. The highest BCUT2D eigenvalue weighted by Gasteiger charge is 2.34. The van der Waals surface area contributed by atoms with Gasteiger partial charge in [-0.05, 0) is 36.2 Å². The van der Waals surface area contributed by atoms with Gasteiger partial charge in [-0.15, -0.1) is 0 Å². The summed E-state index contributed by atoms with van der Waals surface area (Å²) < 4.78 is 47.5. The second-order valence-corrected chi connectivity index (χ2v) is 8.61. The van der Waals surface area contributed by atoms with E-state index in [1.165, 1.54) is 22.2 Å². The van der Waals surface area contributed by atoms with Crippen LogP contribution in [0.1, 0.15) is 29.7 Å². The highest BCUT2D eigenvalue weighted by Crippen LogP contribution is 2.37. The van der Waals surface area contributed by atoms with Gasteiger partial charge in [0.2, 0.25) is 0 Å². The number of nitrogens with one attached hydrogen (secondary N) is 2. The zero-order valence-corrected chi connectivity index (χ0v) is 18.7. The third-order valence-electron chi connectivity index (χ3n) is 5.51. The highest BCUT2D eigenvalue weighted by atomic mass is 32.1. The van der Waals surface area contributed by atoms with Gasteiger partial charge in [-0.2, -0.15) is 13.2 Å². The van der Waals surface area contributed by atoms with Gasteiger partial charge in [-0.3, -0.25) is 14.2 Å². The Kier molecular flexibility index (Phi) is 6.57. The quantitative estimate of drug-likeness (QED) is 0.404.